The van der Waals surface area contributed by atoms with Crippen LogP contribution in [0.2, 0.25) is 0 Å². The van der Waals surface area contributed by atoms with Gasteiger partial charge in [-0.05, 0) is 18.6 Å². The second-order valence-corrected chi connectivity index (χ2v) is 5.96. The van der Waals surface area contributed by atoms with Crippen LogP contribution in [0, 0.1) is 0 Å². The summed E-state index contributed by atoms with van der Waals surface area (Å²) in [7, 11) is -3.44. The molecule has 0 bridgehead atoms. The minimum Gasteiger partial charge on any atom is -0.263 e. The number of hydrogen-bond acceptors (Lipinski definition) is 2. The molecule has 0 aliphatic heterocycles. The number of allylic oxidation sites excluding steroid dienone is 1. The van der Waals surface area contributed by atoms with Crippen molar-refractivity contribution >= 4 is 15.7 Å². The average molecular weight is 279 g/mol. The molecule has 0 saturated heterocycles. The lowest BCUT2D eigenvalue weighted by Crippen LogP contribution is -2.29. The first-order chi connectivity index (χ1) is 9.11. The van der Waals surface area contributed by atoms with Gasteiger partial charge in [0.2, 0.25) is 0 Å². The van der Waals surface area contributed by atoms with E-state index in [-0.39, 0.29) is 6.54 Å². The number of anilines is 1. The molecule has 0 aliphatic carbocycles. The van der Waals surface area contributed by atoms with Gasteiger partial charge in [-0.2, -0.15) is 0 Å². The van der Waals surface area contributed by atoms with E-state index in [9.17, 15) is 8.42 Å². The number of rotatable bonds is 8. The summed E-state index contributed by atoms with van der Waals surface area (Å²) in [6.07, 6.45) is 6.15. The Bertz CT molecular complexity index is 506. The van der Waals surface area contributed by atoms with Gasteiger partial charge in [0.15, 0.2) is 0 Å². The fraction of sp³-hybridized carbons (Fsp3) is 0.333. The largest absolute Gasteiger partial charge is 0.263 e. The van der Waals surface area contributed by atoms with Gasteiger partial charge in [-0.25, -0.2) is 8.42 Å². The van der Waals surface area contributed by atoms with E-state index in [1.165, 1.54) is 9.71 Å². The topological polar surface area (TPSA) is 37.4 Å². The zero-order valence-electron chi connectivity index (χ0n) is 11.3. The first kappa shape index (κ1) is 15.5. The minimum absolute atomic E-state index is 0.268. The molecule has 104 valence electrons. The van der Waals surface area contributed by atoms with E-state index in [2.05, 4.69) is 13.5 Å². The van der Waals surface area contributed by atoms with Crippen molar-refractivity contribution in [2.75, 3.05) is 10.8 Å². The van der Waals surface area contributed by atoms with Crippen LogP contribution >= 0.6 is 0 Å². The van der Waals surface area contributed by atoms with Crippen LogP contribution in [0.15, 0.2) is 54.5 Å². The van der Waals surface area contributed by atoms with Crippen molar-refractivity contribution in [3.8, 4) is 0 Å². The molecule has 0 unspecified atom stereocenters. The third-order valence-electron chi connectivity index (χ3n) is 2.64. The van der Waals surface area contributed by atoms with E-state index in [1.807, 2.05) is 18.2 Å². The number of hydrogen-bond donors (Lipinski definition) is 0. The van der Waals surface area contributed by atoms with E-state index < -0.39 is 10.0 Å². The maximum Gasteiger partial charge on any atom is 0.257 e. The molecule has 0 aliphatic rings. The molecule has 4 heteroatoms. The van der Waals surface area contributed by atoms with Crippen molar-refractivity contribution in [1.29, 1.82) is 0 Å². The zero-order valence-corrected chi connectivity index (χ0v) is 12.1. The first-order valence-electron chi connectivity index (χ1n) is 6.47. The van der Waals surface area contributed by atoms with Crippen molar-refractivity contribution in [3.63, 3.8) is 0 Å². The molecule has 0 radical (unpaired) electrons. The van der Waals surface area contributed by atoms with E-state index >= 15 is 0 Å². The van der Waals surface area contributed by atoms with Gasteiger partial charge >= 0.3 is 0 Å². The Labute approximate surface area is 116 Å². The van der Waals surface area contributed by atoms with E-state index in [0.717, 1.165) is 19.3 Å². The summed E-state index contributed by atoms with van der Waals surface area (Å²) in [4.78, 5) is 0. The molecule has 1 aromatic carbocycles. The molecule has 0 N–H and O–H groups in total. The summed E-state index contributed by atoms with van der Waals surface area (Å²) in [5.41, 5.74) is 0.655. The first-order valence-corrected chi connectivity index (χ1v) is 7.97. The highest BCUT2D eigenvalue weighted by Crippen LogP contribution is 2.18. The summed E-state index contributed by atoms with van der Waals surface area (Å²) in [6, 6.07) is 9.06. The molecule has 0 spiro atoms. The molecule has 3 nitrogen and oxygen atoms in total. The van der Waals surface area contributed by atoms with E-state index in [4.69, 9.17) is 0 Å². The molecule has 0 aromatic heterocycles. The fourth-order valence-corrected chi connectivity index (χ4v) is 2.91. The number of nitrogens with zero attached hydrogens (tertiary/aromatic N) is 1. The second kappa shape index (κ2) is 7.79. The normalized spacial score (nSPS) is 11.6. The molecule has 0 atom stereocenters. The molecular formula is C15H21NO2S. The van der Waals surface area contributed by atoms with Gasteiger partial charge in [-0.1, -0.05) is 50.1 Å². The van der Waals surface area contributed by atoms with Crippen LogP contribution in [0.4, 0.5) is 5.69 Å². The lowest BCUT2D eigenvalue weighted by atomic mass is 10.2. The average Bonchev–Trinajstić information content (AvgIpc) is 2.42. The Hall–Kier alpha value is -1.55. The van der Waals surface area contributed by atoms with Crippen LogP contribution in [0.25, 0.3) is 0 Å². The van der Waals surface area contributed by atoms with Crippen LogP contribution in [-0.4, -0.2) is 15.0 Å². The maximum atomic E-state index is 12.3. The Balaban J connectivity index is 2.92. The number of para-hydroxylation sites is 1. The quantitative estimate of drug-likeness (QED) is 0.537. The molecule has 0 saturated carbocycles. The SMILES string of the molecule is C=CCN(c1ccccc1)S(=O)(=O)/C=C/CCCC. The summed E-state index contributed by atoms with van der Waals surface area (Å²) in [6.45, 7) is 5.97. The second-order valence-electron chi connectivity index (χ2n) is 4.21. The third kappa shape index (κ3) is 4.91. The Morgan fingerprint density at radius 3 is 2.53 bits per heavy atom. The summed E-state index contributed by atoms with van der Waals surface area (Å²) >= 11 is 0. The van der Waals surface area contributed by atoms with Gasteiger partial charge in [0.05, 0.1) is 12.2 Å². The summed E-state index contributed by atoms with van der Waals surface area (Å²) in [5, 5.41) is 1.29. The molecule has 1 rings (SSSR count). The Kier molecular flexibility index (Phi) is 6.36. The molecule has 0 fully saturated rings. The monoisotopic (exact) mass is 279 g/mol. The van der Waals surface area contributed by atoms with Crippen molar-refractivity contribution in [2.24, 2.45) is 0 Å². The Morgan fingerprint density at radius 1 is 1.26 bits per heavy atom. The molecule has 0 amide bonds. The molecule has 19 heavy (non-hydrogen) atoms. The number of sulfonamides is 1. The van der Waals surface area contributed by atoms with Crippen molar-refractivity contribution in [1.82, 2.24) is 0 Å². The zero-order chi connectivity index (χ0) is 14.1. The smallest absolute Gasteiger partial charge is 0.257 e. The van der Waals surface area contributed by atoms with E-state index in [0.29, 0.717) is 5.69 Å². The van der Waals surface area contributed by atoms with Gasteiger partial charge in [0, 0.05) is 5.41 Å². The maximum absolute atomic E-state index is 12.3. The van der Waals surface area contributed by atoms with E-state index in [1.54, 1.807) is 24.3 Å². The van der Waals surface area contributed by atoms with Crippen LogP contribution in [-0.2, 0) is 10.0 Å². The predicted octanol–water partition coefficient (Wildman–Crippen LogP) is 3.71. The summed E-state index contributed by atoms with van der Waals surface area (Å²) < 4.78 is 25.9. The molecule has 1 aromatic rings. The van der Waals surface area contributed by atoms with Gasteiger partial charge < -0.3 is 0 Å². The van der Waals surface area contributed by atoms with Crippen LogP contribution in [0.5, 0.6) is 0 Å². The lowest BCUT2D eigenvalue weighted by Gasteiger charge is -2.20. The third-order valence-corrected chi connectivity index (χ3v) is 4.15. The lowest BCUT2D eigenvalue weighted by molar-refractivity contribution is 0.601. The van der Waals surface area contributed by atoms with Gasteiger partial charge in [-0.15, -0.1) is 6.58 Å². The fourth-order valence-electron chi connectivity index (χ4n) is 1.65. The summed E-state index contributed by atoms with van der Waals surface area (Å²) in [5.74, 6) is 0. The highest BCUT2D eigenvalue weighted by atomic mass is 32.2. The van der Waals surface area contributed by atoms with Gasteiger partial charge in [0.1, 0.15) is 0 Å². The minimum atomic E-state index is -3.44. The van der Waals surface area contributed by atoms with Crippen molar-refractivity contribution in [3.05, 3.63) is 54.5 Å². The highest BCUT2D eigenvalue weighted by molar-refractivity contribution is 7.95. The van der Waals surface area contributed by atoms with Crippen LogP contribution in [0.3, 0.4) is 0 Å². The number of benzene rings is 1. The molecule has 0 heterocycles. The highest BCUT2D eigenvalue weighted by Gasteiger charge is 2.17. The Morgan fingerprint density at radius 2 is 1.95 bits per heavy atom. The van der Waals surface area contributed by atoms with Gasteiger partial charge in [-0.3, -0.25) is 4.31 Å². The van der Waals surface area contributed by atoms with Crippen molar-refractivity contribution in [2.45, 2.75) is 26.2 Å². The predicted molar refractivity (Wildman–Crippen MR) is 81.6 cm³/mol. The standard InChI is InChI=1S/C15H21NO2S/c1-3-5-6-10-14-19(17,18)16(13-4-2)15-11-8-7-9-12-15/h4,7-12,14H,2-3,5-6,13H2,1H3/b14-10+. The number of unbranched alkanes of at least 4 members (excludes halogenated alkanes) is 2. The van der Waals surface area contributed by atoms with Gasteiger partial charge in [0.25, 0.3) is 10.0 Å². The molecular weight excluding hydrogens is 258 g/mol. The van der Waals surface area contributed by atoms with Crippen molar-refractivity contribution < 1.29 is 8.42 Å². The van der Waals surface area contributed by atoms with Crippen LogP contribution in [0.1, 0.15) is 26.2 Å². The van der Waals surface area contributed by atoms with Crippen LogP contribution < -0.4 is 4.31 Å².